The van der Waals surface area contributed by atoms with E-state index in [9.17, 15) is 14.4 Å². The Morgan fingerprint density at radius 3 is 2.75 bits per heavy atom. The quantitative estimate of drug-likeness (QED) is 0.795. The Morgan fingerprint density at radius 1 is 1.29 bits per heavy atom. The summed E-state index contributed by atoms with van der Waals surface area (Å²) in [4.78, 5) is 46.3. The first-order valence-electron chi connectivity index (χ1n) is 8.17. The number of hydrogen-bond acceptors (Lipinski definition) is 4. The number of rotatable bonds is 3. The molecular formula is C17H22N4O3. The van der Waals surface area contributed by atoms with Crippen LogP contribution >= 0.6 is 0 Å². The Hall–Kier alpha value is -2.44. The van der Waals surface area contributed by atoms with Crippen molar-refractivity contribution in [1.29, 1.82) is 0 Å². The van der Waals surface area contributed by atoms with Crippen molar-refractivity contribution in [1.82, 2.24) is 19.7 Å². The van der Waals surface area contributed by atoms with Crippen LogP contribution in [0.1, 0.15) is 23.2 Å². The van der Waals surface area contributed by atoms with Gasteiger partial charge < -0.3 is 14.7 Å². The Kier molecular flexibility index (Phi) is 4.51. The summed E-state index contributed by atoms with van der Waals surface area (Å²) in [7, 11) is 3.36. The first-order valence-corrected chi connectivity index (χ1v) is 8.17. The van der Waals surface area contributed by atoms with Gasteiger partial charge in [0, 0.05) is 45.6 Å². The monoisotopic (exact) mass is 330 g/mol. The average molecular weight is 330 g/mol. The van der Waals surface area contributed by atoms with Crippen molar-refractivity contribution in [3.8, 4) is 0 Å². The Bertz CT molecular complexity index is 646. The molecule has 0 saturated carbocycles. The van der Waals surface area contributed by atoms with Gasteiger partial charge in [-0.3, -0.25) is 19.4 Å². The van der Waals surface area contributed by atoms with Crippen LogP contribution in [0.15, 0.2) is 24.5 Å². The first-order chi connectivity index (χ1) is 11.5. The van der Waals surface area contributed by atoms with Crippen LogP contribution < -0.4 is 0 Å². The predicted molar refractivity (Wildman–Crippen MR) is 87.1 cm³/mol. The molecule has 128 valence electrons. The SMILES string of the molecule is CN(C)C(=O)CN1C(=O)[C@@H]2CC[C@H]1CN(C(=O)c1cccnc1)C2. The number of fused-ring (bicyclic) bond motifs is 4. The van der Waals surface area contributed by atoms with Gasteiger partial charge in [-0.2, -0.15) is 0 Å². The van der Waals surface area contributed by atoms with Crippen LogP contribution in [0.2, 0.25) is 0 Å². The zero-order valence-electron chi connectivity index (χ0n) is 14.0. The third-order valence-electron chi connectivity index (χ3n) is 4.79. The van der Waals surface area contributed by atoms with E-state index in [0.717, 1.165) is 12.8 Å². The molecule has 0 radical (unpaired) electrons. The molecule has 0 aliphatic carbocycles. The number of nitrogens with zero attached hydrogens (tertiary/aromatic N) is 4. The van der Waals surface area contributed by atoms with E-state index in [4.69, 9.17) is 0 Å². The first kappa shape index (κ1) is 16.4. The fourth-order valence-corrected chi connectivity index (χ4v) is 3.37. The van der Waals surface area contributed by atoms with Crippen LogP contribution in [-0.2, 0) is 9.59 Å². The Morgan fingerprint density at radius 2 is 2.08 bits per heavy atom. The van der Waals surface area contributed by atoms with Gasteiger partial charge in [0.15, 0.2) is 0 Å². The van der Waals surface area contributed by atoms with Crippen molar-refractivity contribution in [3.05, 3.63) is 30.1 Å². The van der Waals surface area contributed by atoms with Gasteiger partial charge in [0.05, 0.1) is 11.5 Å². The average Bonchev–Trinajstić information content (AvgIpc) is 2.87. The summed E-state index contributed by atoms with van der Waals surface area (Å²) in [5.74, 6) is -0.433. The van der Waals surface area contributed by atoms with Gasteiger partial charge in [-0.25, -0.2) is 0 Å². The summed E-state index contributed by atoms with van der Waals surface area (Å²) in [6.07, 6.45) is 4.77. The lowest BCUT2D eigenvalue weighted by Crippen LogP contribution is -2.51. The highest BCUT2D eigenvalue weighted by Crippen LogP contribution is 2.29. The topological polar surface area (TPSA) is 73.8 Å². The number of pyridine rings is 1. The molecule has 0 unspecified atom stereocenters. The minimum atomic E-state index is -0.223. The molecule has 3 amide bonds. The molecular weight excluding hydrogens is 308 g/mol. The molecule has 2 bridgehead atoms. The number of likely N-dealkylation sites (N-methyl/N-ethyl adjacent to an activating group) is 1. The highest BCUT2D eigenvalue weighted by Gasteiger charge is 2.42. The Balaban J connectivity index is 1.78. The van der Waals surface area contributed by atoms with E-state index in [2.05, 4.69) is 4.98 Å². The minimum Gasteiger partial charge on any atom is -0.347 e. The van der Waals surface area contributed by atoms with Crippen molar-refractivity contribution in [2.24, 2.45) is 5.92 Å². The number of carbonyl (C=O) groups excluding carboxylic acids is 3. The molecule has 7 heteroatoms. The van der Waals surface area contributed by atoms with Gasteiger partial charge in [-0.15, -0.1) is 0 Å². The Labute approximate surface area is 141 Å². The summed E-state index contributed by atoms with van der Waals surface area (Å²) in [6, 6.07) is 3.37. The summed E-state index contributed by atoms with van der Waals surface area (Å²) in [5, 5.41) is 0. The van der Waals surface area contributed by atoms with Crippen LogP contribution in [0, 0.1) is 5.92 Å². The van der Waals surface area contributed by atoms with Crippen LogP contribution in [0.25, 0.3) is 0 Å². The molecule has 0 N–H and O–H groups in total. The van der Waals surface area contributed by atoms with E-state index in [1.54, 1.807) is 48.4 Å². The van der Waals surface area contributed by atoms with E-state index in [1.807, 2.05) is 0 Å². The standard InChI is InChI=1S/C17H22N4O3/c1-19(2)15(22)11-21-14-6-5-13(17(21)24)9-20(10-14)16(23)12-4-3-7-18-8-12/h3-4,7-8,13-14H,5-6,9-11H2,1-2H3/t13-,14+/m1/s1. The van der Waals surface area contributed by atoms with Gasteiger partial charge in [0.1, 0.15) is 6.54 Å². The fraction of sp³-hybridized carbons (Fsp3) is 0.529. The number of aromatic nitrogens is 1. The van der Waals surface area contributed by atoms with Crippen LogP contribution in [-0.4, -0.2) is 77.2 Å². The molecule has 3 aliphatic heterocycles. The van der Waals surface area contributed by atoms with Gasteiger partial charge in [-0.1, -0.05) is 0 Å². The molecule has 4 rings (SSSR count). The van der Waals surface area contributed by atoms with Crippen molar-refractivity contribution < 1.29 is 14.4 Å². The van der Waals surface area contributed by atoms with Crippen molar-refractivity contribution in [3.63, 3.8) is 0 Å². The summed E-state index contributed by atoms with van der Waals surface area (Å²) in [6.45, 7) is 0.967. The molecule has 3 aliphatic rings. The summed E-state index contributed by atoms with van der Waals surface area (Å²) >= 11 is 0. The van der Waals surface area contributed by atoms with Gasteiger partial charge in [-0.05, 0) is 25.0 Å². The predicted octanol–water partition coefficient (Wildman–Crippen LogP) is 0.233. The lowest BCUT2D eigenvalue weighted by atomic mass is 9.94. The molecule has 0 spiro atoms. The van der Waals surface area contributed by atoms with Crippen LogP contribution in [0.4, 0.5) is 0 Å². The van der Waals surface area contributed by atoms with E-state index in [0.29, 0.717) is 18.7 Å². The number of hydrogen-bond donors (Lipinski definition) is 0. The fourth-order valence-electron chi connectivity index (χ4n) is 3.37. The normalized spacial score (nSPS) is 23.2. The highest BCUT2D eigenvalue weighted by molar-refractivity contribution is 5.95. The summed E-state index contributed by atoms with van der Waals surface area (Å²) in [5.41, 5.74) is 0.530. The van der Waals surface area contributed by atoms with Crippen molar-refractivity contribution >= 4 is 17.7 Å². The lowest BCUT2D eigenvalue weighted by Gasteiger charge is -2.35. The molecule has 0 aromatic carbocycles. The van der Waals surface area contributed by atoms with E-state index in [1.165, 1.54) is 4.90 Å². The minimum absolute atomic E-state index is 0.0112. The maximum absolute atomic E-state index is 12.7. The zero-order valence-corrected chi connectivity index (χ0v) is 14.0. The molecule has 4 heterocycles. The van der Waals surface area contributed by atoms with Crippen LogP contribution in [0.3, 0.4) is 0 Å². The van der Waals surface area contributed by atoms with Gasteiger partial charge in [0.25, 0.3) is 5.91 Å². The third-order valence-corrected chi connectivity index (χ3v) is 4.79. The second-order valence-corrected chi connectivity index (χ2v) is 6.63. The lowest BCUT2D eigenvalue weighted by molar-refractivity contribution is -0.145. The highest BCUT2D eigenvalue weighted by atomic mass is 16.2. The van der Waals surface area contributed by atoms with Crippen molar-refractivity contribution in [2.45, 2.75) is 18.9 Å². The van der Waals surface area contributed by atoms with E-state index in [-0.39, 0.29) is 36.2 Å². The maximum atomic E-state index is 12.7. The molecule has 24 heavy (non-hydrogen) atoms. The largest absolute Gasteiger partial charge is 0.347 e. The smallest absolute Gasteiger partial charge is 0.255 e. The van der Waals surface area contributed by atoms with E-state index < -0.39 is 0 Å². The molecule has 1 aromatic rings. The van der Waals surface area contributed by atoms with Gasteiger partial charge >= 0.3 is 0 Å². The molecule has 3 fully saturated rings. The molecule has 2 atom stereocenters. The zero-order chi connectivity index (χ0) is 17.3. The van der Waals surface area contributed by atoms with Gasteiger partial charge in [0.2, 0.25) is 11.8 Å². The number of amides is 3. The van der Waals surface area contributed by atoms with E-state index >= 15 is 0 Å². The second-order valence-electron chi connectivity index (χ2n) is 6.63. The maximum Gasteiger partial charge on any atom is 0.255 e. The molecule has 1 aromatic heterocycles. The molecule has 3 saturated heterocycles. The number of carbonyl (C=O) groups is 3. The third kappa shape index (κ3) is 3.11. The van der Waals surface area contributed by atoms with Crippen molar-refractivity contribution in [2.75, 3.05) is 33.7 Å². The second kappa shape index (κ2) is 6.59. The molecule has 7 nitrogen and oxygen atoms in total. The summed E-state index contributed by atoms with van der Waals surface area (Å²) < 4.78 is 0. The van der Waals surface area contributed by atoms with Crippen LogP contribution in [0.5, 0.6) is 0 Å². The number of piperidine rings is 1.